The number of hydrogen-bond donors (Lipinski definition) is 0. The molecule has 2 heterocycles. The van der Waals surface area contributed by atoms with Gasteiger partial charge in [0.05, 0.1) is 31.5 Å². The summed E-state index contributed by atoms with van der Waals surface area (Å²) in [6.45, 7) is 9.04. The highest BCUT2D eigenvalue weighted by molar-refractivity contribution is 5.01. The Morgan fingerprint density at radius 2 is 1.95 bits per heavy atom. The molecule has 1 unspecified atom stereocenters. The lowest BCUT2D eigenvalue weighted by Gasteiger charge is -2.57. The molecule has 1 aliphatic carbocycles. The van der Waals surface area contributed by atoms with Gasteiger partial charge in [0.1, 0.15) is 0 Å². The summed E-state index contributed by atoms with van der Waals surface area (Å²) in [5.41, 5.74) is 0.642. The quantitative estimate of drug-likeness (QED) is 0.764. The Balaban J connectivity index is 1.38. The Kier molecular flexibility index (Phi) is 4.16. The van der Waals surface area contributed by atoms with Crippen LogP contribution >= 0.6 is 0 Å². The van der Waals surface area contributed by atoms with Crippen LogP contribution in [0.15, 0.2) is 0 Å². The maximum atomic E-state index is 6.17. The second-order valence-electron chi connectivity index (χ2n) is 7.03. The fourth-order valence-electron chi connectivity index (χ4n) is 3.97. The van der Waals surface area contributed by atoms with E-state index in [0.29, 0.717) is 17.6 Å². The lowest BCUT2D eigenvalue weighted by atomic mass is 9.67. The predicted octanol–water partition coefficient (Wildman–Crippen LogP) is 2.84. The Bertz CT molecular complexity index is 287. The number of rotatable bonds is 5. The first kappa shape index (κ1) is 13.8. The van der Waals surface area contributed by atoms with Gasteiger partial charge in [0.25, 0.3) is 0 Å². The van der Waals surface area contributed by atoms with Gasteiger partial charge in [0.2, 0.25) is 0 Å². The lowest BCUT2D eigenvalue weighted by molar-refractivity contribution is -0.151. The molecule has 2 aliphatic heterocycles. The number of nitrogens with zero attached hydrogens (tertiary/aromatic N) is 1. The highest BCUT2D eigenvalue weighted by atomic mass is 16.5. The van der Waals surface area contributed by atoms with E-state index in [1.165, 1.54) is 51.6 Å². The second kappa shape index (κ2) is 5.71. The summed E-state index contributed by atoms with van der Waals surface area (Å²) in [6.07, 6.45) is 8.74. The van der Waals surface area contributed by atoms with E-state index in [0.717, 1.165) is 19.3 Å². The SMILES string of the molecule is CCCC(C)OC1CCC2(CC1)CN(C1COC1)C2. The zero-order chi connectivity index (χ0) is 13.3. The number of hydrogen-bond acceptors (Lipinski definition) is 3. The van der Waals surface area contributed by atoms with Crippen molar-refractivity contribution >= 4 is 0 Å². The molecule has 2 saturated heterocycles. The maximum absolute atomic E-state index is 6.17. The van der Waals surface area contributed by atoms with Gasteiger partial charge in [-0.15, -0.1) is 0 Å². The van der Waals surface area contributed by atoms with Crippen molar-refractivity contribution in [2.24, 2.45) is 5.41 Å². The second-order valence-corrected chi connectivity index (χ2v) is 7.03. The van der Waals surface area contributed by atoms with Gasteiger partial charge in [-0.25, -0.2) is 0 Å². The maximum Gasteiger partial charge on any atom is 0.0645 e. The van der Waals surface area contributed by atoms with Gasteiger partial charge in [-0.3, -0.25) is 4.90 Å². The Morgan fingerprint density at radius 1 is 1.26 bits per heavy atom. The topological polar surface area (TPSA) is 21.7 Å². The molecule has 0 radical (unpaired) electrons. The third-order valence-electron chi connectivity index (χ3n) is 5.33. The van der Waals surface area contributed by atoms with Crippen molar-refractivity contribution in [3.63, 3.8) is 0 Å². The van der Waals surface area contributed by atoms with Crippen molar-refractivity contribution in [1.82, 2.24) is 4.90 Å². The minimum atomic E-state index is 0.453. The molecule has 0 N–H and O–H groups in total. The van der Waals surface area contributed by atoms with E-state index in [2.05, 4.69) is 18.7 Å². The minimum Gasteiger partial charge on any atom is -0.378 e. The Hall–Kier alpha value is -0.120. The van der Waals surface area contributed by atoms with Crippen LogP contribution in [0.1, 0.15) is 52.4 Å². The molecular weight excluding hydrogens is 238 g/mol. The molecule has 0 amide bonds. The van der Waals surface area contributed by atoms with Crippen LogP contribution in [0.2, 0.25) is 0 Å². The smallest absolute Gasteiger partial charge is 0.0645 e. The summed E-state index contributed by atoms with van der Waals surface area (Å²) >= 11 is 0. The molecule has 3 nitrogen and oxygen atoms in total. The fourth-order valence-corrected chi connectivity index (χ4v) is 3.97. The van der Waals surface area contributed by atoms with Gasteiger partial charge >= 0.3 is 0 Å². The number of ether oxygens (including phenoxy) is 2. The molecule has 19 heavy (non-hydrogen) atoms. The molecule has 1 atom stereocenters. The van der Waals surface area contributed by atoms with Gasteiger partial charge in [0.15, 0.2) is 0 Å². The molecule has 0 bridgehead atoms. The van der Waals surface area contributed by atoms with E-state index in [1.54, 1.807) is 0 Å². The summed E-state index contributed by atoms with van der Waals surface area (Å²) in [7, 11) is 0. The van der Waals surface area contributed by atoms with Crippen molar-refractivity contribution in [1.29, 1.82) is 0 Å². The Morgan fingerprint density at radius 3 is 2.47 bits per heavy atom. The molecule has 3 heteroatoms. The molecule has 1 spiro atoms. The van der Waals surface area contributed by atoms with Crippen LogP contribution < -0.4 is 0 Å². The van der Waals surface area contributed by atoms with E-state index >= 15 is 0 Å². The molecule has 0 aromatic carbocycles. The molecule has 0 aromatic rings. The number of likely N-dealkylation sites (tertiary alicyclic amines) is 1. The zero-order valence-corrected chi connectivity index (χ0v) is 12.6. The zero-order valence-electron chi connectivity index (χ0n) is 12.6. The van der Waals surface area contributed by atoms with Gasteiger partial charge < -0.3 is 9.47 Å². The van der Waals surface area contributed by atoms with Crippen molar-refractivity contribution in [2.75, 3.05) is 26.3 Å². The van der Waals surface area contributed by atoms with Gasteiger partial charge in [-0.05, 0) is 44.4 Å². The molecule has 3 aliphatic rings. The van der Waals surface area contributed by atoms with Crippen LogP contribution in [0, 0.1) is 5.41 Å². The van der Waals surface area contributed by atoms with Gasteiger partial charge in [0, 0.05) is 13.1 Å². The molecule has 3 rings (SSSR count). The first-order chi connectivity index (χ1) is 9.21. The van der Waals surface area contributed by atoms with Crippen LogP contribution in [0.25, 0.3) is 0 Å². The Labute approximate surface area is 117 Å². The third kappa shape index (κ3) is 2.98. The molecule has 1 saturated carbocycles. The third-order valence-corrected chi connectivity index (χ3v) is 5.33. The van der Waals surface area contributed by atoms with E-state index in [9.17, 15) is 0 Å². The molecular formula is C16H29NO2. The van der Waals surface area contributed by atoms with Crippen LogP contribution in [-0.4, -0.2) is 49.5 Å². The van der Waals surface area contributed by atoms with Crippen molar-refractivity contribution in [2.45, 2.75) is 70.6 Å². The first-order valence-electron chi connectivity index (χ1n) is 8.18. The van der Waals surface area contributed by atoms with Crippen molar-refractivity contribution in [3.05, 3.63) is 0 Å². The van der Waals surface area contributed by atoms with Gasteiger partial charge in [-0.1, -0.05) is 13.3 Å². The molecule has 110 valence electrons. The van der Waals surface area contributed by atoms with E-state index < -0.39 is 0 Å². The summed E-state index contributed by atoms with van der Waals surface area (Å²) in [4.78, 5) is 2.63. The average Bonchev–Trinajstić information content (AvgIpc) is 2.27. The van der Waals surface area contributed by atoms with E-state index in [1.807, 2.05) is 0 Å². The summed E-state index contributed by atoms with van der Waals surface area (Å²) in [5, 5.41) is 0. The fraction of sp³-hybridized carbons (Fsp3) is 1.00. The van der Waals surface area contributed by atoms with Crippen LogP contribution in [0.5, 0.6) is 0 Å². The van der Waals surface area contributed by atoms with E-state index in [4.69, 9.17) is 9.47 Å². The van der Waals surface area contributed by atoms with Crippen molar-refractivity contribution in [3.8, 4) is 0 Å². The van der Waals surface area contributed by atoms with Crippen LogP contribution in [-0.2, 0) is 9.47 Å². The minimum absolute atomic E-state index is 0.453. The van der Waals surface area contributed by atoms with Crippen molar-refractivity contribution < 1.29 is 9.47 Å². The first-order valence-corrected chi connectivity index (χ1v) is 8.18. The summed E-state index contributed by atoms with van der Waals surface area (Å²) in [6, 6.07) is 0.740. The molecule has 0 aromatic heterocycles. The average molecular weight is 267 g/mol. The highest BCUT2D eigenvalue weighted by Crippen LogP contribution is 2.45. The largest absolute Gasteiger partial charge is 0.378 e. The van der Waals surface area contributed by atoms with Gasteiger partial charge in [-0.2, -0.15) is 0 Å². The summed E-state index contributed by atoms with van der Waals surface area (Å²) in [5.74, 6) is 0. The highest BCUT2D eigenvalue weighted by Gasteiger charge is 2.48. The predicted molar refractivity (Wildman–Crippen MR) is 76.3 cm³/mol. The standard InChI is InChI=1S/C16H29NO2/c1-3-4-13(2)19-15-5-7-16(8-6-15)11-17(12-16)14-9-18-10-14/h13-15H,3-12H2,1-2H3. The summed E-state index contributed by atoms with van der Waals surface area (Å²) < 4.78 is 11.5. The van der Waals surface area contributed by atoms with E-state index in [-0.39, 0.29) is 0 Å². The lowest BCUT2D eigenvalue weighted by Crippen LogP contribution is -2.65. The monoisotopic (exact) mass is 267 g/mol. The van der Waals surface area contributed by atoms with Crippen LogP contribution in [0.3, 0.4) is 0 Å². The molecule has 3 fully saturated rings. The normalized spacial score (nSPS) is 30.0. The van der Waals surface area contributed by atoms with Crippen LogP contribution in [0.4, 0.5) is 0 Å².